The van der Waals surface area contributed by atoms with Crippen LogP contribution < -0.4 is 5.56 Å². The highest BCUT2D eigenvalue weighted by Crippen LogP contribution is 2.33. The number of hydrogen-bond acceptors (Lipinski definition) is 2. The van der Waals surface area contributed by atoms with Crippen molar-refractivity contribution in [2.45, 2.75) is 17.7 Å². The number of hydrogen-bond donors (Lipinski definition) is 1. The Morgan fingerprint density at radius 2 is 2.55 bits per heavy atom. The normalized spacial score (nSPS) is 21.7. The second-order valence-corrected chi connectivity index (χ2v) is 3.71. The van der Waals surface area contributed by atoms with E-state index < -0.39 is 0 Å². The van der Waals surface area contributed by atoms with E-state index in [-0.39, 0.29) is 10.4 Å². The average Bonchev–Trinajstić information content (AvgIpc) is 2.35. The number of aromatic nitrogens is 2. The van der Waals surface area contributed by atoms with Gasteiger partial charge in [-0.05, 0) is 12.8 Å². The summed E-state index contributed by atoms with van der Waals surface area (Å²) in [6, 6.07) is 0. The van der Waals surface area contributed by atoms with E-state index >= 15 is 0 Å². The summed E-state index contributed by atoms with van der Waals surface area (Å²) >= 11 is 3.46. The molecule has 3 nitrogen and oxygen atoms in total. The molecule has 2 rings (SSSR count). The Hall–Kier alpha value is -0.640. The first kappa shape index (κ1) is 7.03. The summed E-state index contributed by atoms with van der Waals surface area (Å²) in [6.07, 6.45) is 3.28. The molecule has 0 aliphatic heterocycles. The maximum atomic E-state index is 11.1. The number of rotatable bonds is 0. The molecule has 1 N–H and O–H groups in total. The second-order valence-electron chi connectivity index (χ2n) is 2.60. The predicted molar refractivity (Wildman–Crippen MR) is 44.8 cm³/mol. The minimum atomic E-state index is 0.0111. The average molecular weight is 215 g/mol. The fourth-order valence-corrected chi connectivity index (χ4v) is 1.98. The third-order valence-corrected chi connectivity index (χ3v) is 2.82. The summed E-state index contributed by atoms with van der Waals surface area (Å²) in [5.41, 5.74) is 1.76. The number of alkyl halides is 1. The zero-order valence-electron chi connectivity index (χ0n) is 5.80. The van der Waals surface area contributed by atoms with Crippen LogP contribution in [0.5, 0.6) is 0 Å². The number of H-pyrrole nitrogens is 1. The van der Waals surface area contributed by atoms with E-state index in [9.17, 15) is 4.79 Å². The van der Waals surface area contributed by atoms with Crippen LogP contribution in [0.3, 0.4) is 0 Å². The molecule has 11 heavy (non-hydrogen) atoms. The van der Waals surface area contributed by atoms with Gasteiger partial charge in [0, 0.05) is 5.56 Å². The van der Waals surface area contributed by atoms with Crippen LogP contribution in [0.4, 0.5) is 0 Å². The van der Waals surface area contributed by atoms with E-state index in [1.165, 1.54) is 6.33 Å². The molecule has 0 spiro atoms. The maximum Gasteiger partial charge on any atom is 0.254 e. The van der Waals surface area contributed by atoms with E-state index in [1.54, 1.807) is 0 Å². The lowest BCUT2D eigenvalue weighted by Crippen LogP contribution is -2.12. The SMILES string of the molecule is O=c1[nH]cnc2c1CCC2Br. The Morgan fingerprint density at radius 3 is 3.27 bits per heavy atom. The van der Waals surface area contributed by atoms with Crippen LogP contribution in [0.25, 0.3) is 0 Å². The molecule has 1 heterocycles. The van der Waals surface area contributed by atoms with Crippen molar-refractivity contribution >= 4 is 15.9 Å². The van der Waals surface area contributed by atoms with E-state index in [0.29, 0.717) is 0 Å². The Bertz CT molecular complexity index is 333. The molecule has 0 amide bonds. The van der Waals surface area contributed by atoms with Crippen LogP contribution in [-0.2, 0) is 6.42 Å². The van der Waals surface area contributed by atoms with Crippen LogP contribution >= 0.6 is 15.9 Å². The van der Waals surface area contributed by atoms with E-state index in [2.05, 4.69) is 25.9 Å². The summed E-state index contributed by atoms with van der Waals surface area (Å²) in [6.45, 7) is 0. The Morgan fingerprint density at radius 1 is 1.73 bits per heavy atom. The molecule has 0 bridgehead atoms. The number of aromatic amines is 1. The lowest BCUT2D eigenvalue weighted by molar-refractivity contribution is 0.890. The molecule has 1 atom stereocenters. The van der Waals surface area contributed by atoms with E-state index in [0.717, 1.165) is 24.1 Å². The topological polar surface area (TPSA) is 45.8 Å². The van der Waals surface area contributed by atoms with Crippen LogP contribution in [0.2, 0.25) is 0 Å². The van der Waals surface area contributed by atoms with Gasteiger partial charge in [-0.3, -0.25) is 4.79 Å². The summed E-state index contributed by atoms with van der Waals surface area (Å²) in [7, 11) is 0. The van der Waals surface area contributed by atoms with Crippen LogP contribution in [0, 0.1) is 0 Å². The zero-order valence-corrected chi connectivity index (χ0v) is 7.39. The van der Waals surface area contributed by atoms with Crippen molar-refractivity contribution in [2.24, 2.45) is 0 Å². The molecule has 1 aliphatic carbocycles. The van der Waals surface area contributed by atoms with Crippen LogP contribution in [0.15, 0.2) is 11.1 Å². The number of fused-ring (bicyclic) bond motifs is 1. The number of nitrogens with one attached hydrogen (secondary N) is 1. The molecule has 1 aromatic rings. The van der Waals surface area contributed by atoms with Gasteiger partial charge >= 0.3 is 0 Å². The maximum absolute atomic E-state index is 11.1. The Balaban J connectivity index is 2.66. The third kappa shape index (κ3) is 1.01. The smallest absolute Gasteiger partial charge is 0.254 e. The van der Waals surface area contributed by atoms with Gasteiger partial charge in [-0.2, -0.15) is 0 Å². The molecule has 0 saturated heterocycles. The highest BCUT2D eigenvalue weighted by atomic mass is 79.9. The summed E-state index contributed by atoms with van der Waals surface area (Å²) in [5.74, 6) is 0. The van der Waals surface area contributed by atoms with Crippen molar-refractivity contribution in [3.8, 4) is 0 Å². The van der Waals surface area contributed by atoms with Crippen molar-refractivity contribution in [3.05, 3.63) is 27.9 Å². The number of halogens is 1. The predicted octanol–water partition coefficient (Wildman–Crippen LogP) is 1.15. The van der Waals surface area contributed by atoms with Crippen molar-refractivity contribution in [1.82, 2.24) is 9.97 Å². The molecule has 1 aromatic heterocycles. The van der Waals surface area contributed by atoms with Gasteiger partial charge in [-0.25, -0.2) is 4.98 Å². The molecule has 0 aromatic carbocycles. The highest BCUT2D eigenvalue weighted by Gasteiger charge is 2.23. The Labute approximate surface area is 72.0 Å². The fraction of sp³-hybridized carbons (Fsp3) is 0.429. The van der Waals surface area contributed by atoms with Gasteiger partial charge in [-0.1, -0.05) is 15.9 Å². The monoisotopic (exact) mass is 214 g/mol. The molecule has 0 fully saturated rings. The number of nitrogens with zero attached hydrogens (tertiary/aromatic N) is 1. The molecular weight excluding hydrogens is 208 g/mol. The third-order valence-electron chi connectivity index (χ3n) is 1.93. The van der Waals surface area contributed by atoms with Gasteiger partial charge in [0.1, 0.15) is 0 Å². The van der Waals surface area contributed by atoms with Gasteiger partial charge in [0.25, 0.3) is 5.56 Å². The highest BCUT2D eigenvalue weighted by molar-refractivity contribution is 9.09. The lowest BCUT2D eigenvalue weighted by Gasteiger charge is -1.97. The molecule has 4 heteroatoms. The molecule has 58 valence electrons. The van der Waals surface area contributed by atoms with Crippen molar-refractivity contribution in [1.29, 1.82) is 0 Å². The summed E-state index contributed by atoms with van der Waals surface area (Å²) in [5, 5.41) is 0. The molecule has 0 radical (unpaired) electrons. The quantitative estimate of drug-likeness (QED) is 0.660. The molecule has 1 aliphatic rings. The van der Waals surface area contributed by atoms with Crippen LogP contribution in [-0.4, -0.2) is 9.97 Å². The van der Waals surface area contributed by atoms with Gasteiger partial charge < -0.3 is 4.98 Å². The van der Waals surface area contributed by atoms with Crippen molar-refractivity contribution in [3.63, 3.8) is 0 Å². The minimum absolute atomic E-state index is 0.0111. The first-order chi connectivity index (χ1) is 5.29. The molecular formula is C7H7BrN2O. The first-order valence-corrected chi connectivity index (χ1v) is 4.41. The van der Waals surface area contributed by atoms with E-state index in [1.807, 2.05) is 0 Å². The second kappa shape index (κ2) is 2.44. The van der Waals surface area contributed by atoms with Gasteiger partial charge in [-0.15, -0.1) is 0 Å². The van der Waals surface area contributed by atoms with Gasteiger partial charge in [0.15, 0.2) is 0 Å². The molecule has 0 saturated carbocycles. The molecule has 1 unspecified atom stereocenters. The van der Waals surface area contributed by atoms with Crippen molar-refractivity contribution < 1.29 is 0 Å². The minimum Gasteiger partial charge on any atom is -0.313 e. The lowest BCUT2D eigenvalue weighted by atomic mass is 10.3. The fourth-order valence-electron chi connectivity index (χ4n) is 1.36. The largest absolute Gasteiger partial charge is 0.313 e. The summed E-state index contributed by atoms with van der Waals surface area (Å²) in [4.78, 5) is 18.1. The summed E-state index contributed by atoms with van der Waals surface area (Å²) < 4.78 is 0. The van der Waals surface area contributed by atoms with E-state index in [4.69, 9.17) is 0 Å². The van der Waals surface area contributed by atoms with Gasteiger partial charge in [0.05, 0.1) is 16.8 Å². The van der Waals surface area contributed by atoms with Gasteiger partial charge in [0.2, 0.25) is 0 Å². The zero-order chi connectivity index (χ0) is 7.84. The Kier molecular flexibility index (Phi) is 1.56. The van der Waals surface area contributed by atoms with Crippen molar-refractivity contribution in [2.75, 3.05) is 0 Å². The first-order valence-electron chi connectivity index (χ1n) is 3.49. The van der Waals surface area contributed by atoms with Crippen LogP contribution in [0.1, 0.15) is 22.5 Å². The standard InChI is InChI=1S/C7H7BrN2O/c8-5-2-1-4-6(5)9-3-10-7(4)11/h3,5H,1-2H2,(H,9,10,11).